The van der Waals surface area contributed by atoms with Gasteiger partial charge in [0.1, 0.15) is 12.4 Å². The standard InChI is InChI=1S/C13H18ClNO2/c1-3-8-17-13-5-4-11(9-12(13)14)10-15(2)6-7-16/h3-5,9,16H,1,6-8,10H2,2H3. The lowest BCUT2D eigenvalue weighted by atomic mass is 10.2. The Morgan fingerprint density at radius 1 is 1.53 bits per heavy atom. The minimum absolute atomic E-state index is 0.158. The molecule has 0 saturated heterocycles. The van der Waals surface area contributed by atoms with Gasteiger partial charge in [0.2, 0.25) is 0 Å². The van der Waals surface area contributed by atoms with E-state index in [-0.39, 0.29) is 6.61 Å². The lowest BCUT2D eigenvalue weighted by molar-refractivity contribution is 0.217. The maximum absolute atomic E-state index is 8.81. The van der Waals surface area contributed by atoms with E-state index < -0.39 is 0 Å². The highest BCUT2D eigenvalue weighted by atomic mass is 35.5. The summed E-state index contributed by atoms with van der Waals surface area (Å²) >= 11 is 6.10. The molecule has 1 aromatic rings. The first-order chi connectivity index (χ1) is 8.17. The van der Waals surface area contributed by atoms with Crippen molar-refractivity contribution in [1.82, 2.24) is 4.90 Å². The predicted molar refractivity (Wildman–Crippen MR) is 70.6 cm³/mol. The van der Waals surface area contributed by atoms with Crippen LogP contribution in [0.1, 0.15) is 5.56 Å². The molecule has 1 aromatic carbocycles. The minimum atomic E-state index is 0.158. The molecule has 17 heavy (non-hydrogen) atoms. The third-order valence-electron chi connectivity index (χ3n) is 2.29. The summed E-state index contributed by atoms with van der Waals surface area (Å²) < 4.78 is 5.39. The molecule has 0 amide bonds. The lowest BCUT2D eigenvalue weighted by Crippen LogP contribution is -2.21. The summed E-state index contributed by atoms with van der Waals surface area (Å²) in [5.74, 6) is 0.667. The van der Waals surface area contributed by atoms with Gasteiger partial charge in [0.25, 0.3) is 0 Å². The maximum Gasteiger partial charge on any atom is 0.138 e. The van der Waals surface area contributed by atoms with E-state index in [1.807, 2.05) is 30.1 Å². The zero-order valence-corrected chi connectivity index (χ0v) is 10.8. The zero-order chi connectivity index (χ0) is 12.7. The van der Waals surface area contributed by atoms with Gasteiger partial charge < -0.3 is 9.84 Å². The van der Waals surface area contributed by atoms with Crippen molar-refractivity contribution in [3.63, 3.8) is 0 Å². The quantitative estimate of drug-likeness (QED) is 0.759. The van der Waals surface area contributed by atoms with Gasteiger partial charge in [-0.15, -0.1) is 0 Å². The van der Waals surface area contributed by atoms with Crippen LogP contribution in [0.5, 0.6) is 5.75 Å². The van der Waals surface area contributed by atoms with Crippen LogP contribution in [0.3, 0.4) is 0 Å². The van der Waals surface area contributed by atoms with Gasteiger partial charge in [-0.05, 0) is 24.7 Å². The van der Waals surface area contributed by atoms with Crippen molar-refractivity contribution in [3.8, 4) is 5.75 Å². The Bertz CT molecular complexity index is 368. The van der Waals surface area contributed by atoms with E-state index >= 15 is 0 Å². The Kier molecular flexibility index (Phi) is 6.05. The van der Waals surface area contributed by atoms with Crippen LogP contribution >= 0.6 is 11.6 Å². The van der Waals surface area contributed by atoms with Crippen LogP contribution < -0.4 is 4.74 Å². The van der Waals surface area contributed by atoms with Gasteiger partial charge in [-0.1, -0.05) is 30.3 Å². The highest BCUT2D eigenvalue weighted by molar-refractivity contribution is 6.32. The number of likely N-dealkylation sites (N-methyl/N-ethyl adjacent to an activating group) is 1. The molecular formula is C13H18ClNO2. The molecule has 0 aliphatic rings. The molecule has 0 bridgehead atoms. The number of aliphatic hydroxyl groups is 1. The van der Waals surface area contributed by atoms with Crippen LogP contribution in [0, 0.1) is 0 Å². The van der Waals surface area contributed by atoms with Crippen LogP contribution in [-0.2, 0) is 6.54 Å². The molecule has 94 valence electrons. The van der Waals surface area contributed by atoms with Crippen LogP contribution in [0.15, 0.2) is 30.9 Å². The second-order valence-electron chi connectivity index (χ2n) is 3.83. The van der Waals surface area contributed by atoms with E-state index in [0.717, 1.165) is 12.1 Å². The van der Waals surface area contributed by atoms with Crippen molar-refractivity contribution >= 4 is 11.6 Å². The highest BCUT2D eigenvalue weighted by Gasteiger charge is 2.04. The average molecular weight is 256 g/mol. The van der Waals surface area contributed by atoms with Crippen LogP contribution in [0.2, 0.25) is 5.02 Å². The van der Waals surface area contributed by atoms with Gasteiger partial charge in [-0.3, -0.25) is 4.90 Å². The van der Waals surface area contributed by atoms with Gasteiger partial charge in [0.05, 0.1) is 11.6 Å². The van der Waals surface area contributed by atoms with Crippen molar-refractivity contribution < 1.29 is 9.84 Å². The van der Waals surface area contributed by atoms with Gasteiger partial charge in [0.15, 0.2) is 0 Å². The van der Waals surface area contributed by atoms with Gasteiger partial charge in [-0.2, -0.15) is 0 Å². The van der Waals surface area contributed by atoms with Crippen molar-refractivity contribution in [1.29, 1.82) is 0 Å². The first-order valence-corrected chi connectivity index (χ1v) is 5.86. The summed E-state index contributed by atoms with van der Waals surface area (Å²) in [5, 5.41) is 9.41. The normalized spacial score (nSPS) is 10.6. The fraction of sp³-hybridized carbons (Fsp3) is 0.385. The Morgan fingerprint density at radius 3 is 2.88 bits per heavy atom. The molecule has 0 aromatic heterocycles. The molecule has 0 heterocycles. The molecule has 0 fully saturated rings. The Labute approximate surface area is 107 Å². The maximum atomic E-state index is 8.81. The van der Waals surface area contributed by atoms with E-state index in [0.29, 0.717) is 23.9 Å². The van der Waals surface area contributed by atoms with Crippen molar-refractivity contribution in [3.05, 3.63) is 41.4 Å². The molecule has 0 aliphatic heterocycles. The second kappa shape index (κ2) is 7.33. The van der Waals surface area contributed by atoms with E-state index in [9.17, 15) is 0 Å². The summed E-state index contributed by atoms with van der Waals surface area (Å²) in [6, 6.07) is 5.71. The summed E-state index contributed by atoms with van der Waals surface area (Å²) in [6.45, 7) is 5.59. The van der Waals surface area contributed by atoms with Gasteiger partial charge in [0, 0.05) is 13.1 Å². The van der Waals surface area contributed by atoms with Crippen molar-refractivity contribution in [2.75, 3.05) is 26.8 Å². The molecular weight excluding hydrogens is 238 g/mol. The summed E-state index contributed by atoms with van der Waals surface area (Å²) in [4.78, 5) is 2.02. The van der Waals surface area contributed by atoms with Crippen molar-refractivity contribution in [2.24, 2.45) is 0 Å². The molecule has 0 unspecified atom stereocenters. The number of nitrogens with zero attached hydrogens (tertiary/aromatic N) is 1. The Morgan fingerprint density at radius 2 is 2.29 bits per heavy atom. The zero-order valence-electron chi connectivity index (χ0n) is 10.0. The van der Waals surface area contributed by atoms with Crippen molar-refractivity contribution in [2.45, 2.75) is 6.54 Å². The van der Waals surface area contributed by atoms with Gasteiger partial charge in [-0.25, -0.2) is 0 Å². The number of hydrogen-bond acceptors (Lipinski definition) is 3. The molecule has 0 atom stereocenters. The summed E-state index contributed by atoms with van der Waals surface area (Å²) in [7, 11) is 1.95. The Balaban J connectivity index is 2.64. The fourth-order valence-corrected chi connectivity index (χ4v) is 1.73. The van der Waals surface area contributed by atoms with Crippen LogP contribution in [0.25, 0.3) is 0 Å². The smallest absolute Gasteiger partial charge is 0.138 e. The van der Waals surface area contributed by atoms with Crippen LogP contribution in [-0.4, -0.2) is 36.8 Å². The number of hydrogen-bond donors (Lipinski definition) is 1. The molecule has 0 spiro atoms. The first kappa shape index (κ1) is 14.0. The van der Waals surface area contributed by atoms with Gasteiger partial charge >= 0.3 is 0 Å². The third-order valence-corrected chi connectivity index (χ3v) is 2.58. The molecule has 1 N–H and O–H groups in total. The van der Waals surface area contributed by atoms with E-state index in [4.69, 9.17) is 21.4 Å². The summed E-state index contributed by atoms with van der Waals surface area (Å²) in [5.41, 5.74) is 1.09. The number of aliphatic hydroxyl groups excluding tert-OH is 1. The largest absolute Gasteiger partial charge is 0.488 e. The van der Waals surface area contributed by atoms with Crippen LogP contribution in [0.4, 0.5) is 0 Å². The number of halogens is 1. The van der Waals surface area contributed by atoms with E-state index in [1.165, 1.54) is 0 Å². The predicted octanol–water partition coefficient (Wildman–Crippen LogP) is 2.33. The molecule has 3 nitrogen and oxygen atoms in total. The monoisotopic (exact) mass is 255 g/mol. The van der Waals surface area contributed by atoms with E-state index in [1.54, 1.807) is 6.08 Å². The molecule has 0 saturated carbocycles. The average Bonchev–Trinajstić information content (AvgIpc) is 2.28. The molecule has 4 heteroatoms. The minimum Gasteiger partial charge on any atom is -0.488 e. The highest BCUT2D eigenvalue weighted by Crippen LogP contribution is 2.25. The Hall–Kier alpha value is -1.03. The number of ether oxygens (including phenoxy) is 1. The SMILES string of the molecule is C=CCOc1ccc(CN(C)CCO)cc1Cl. The first-order valence-electron chi connectivity index (χ1n) is 5.49. The number of benzene rings is 1. The third kappa shape index (κ3) is 4.77. The molecule has 1 rings (SSSR count). The lowest BCUT2D eigenvalue weighted by Gasteiger charge is -2.15. The molecule has 0 aliphatic carbocycles. The van der Waals surface area contributed by atoms with E-state index in [2.05, 4.69) is 6.58 Å². The summed E-state index contributed by atoms with van der Waals surface area (Å²) in [6.07, 6.45) is 1.68. The second-order valence-corrected chi connectivity index (χ2v) is 4.23. The fourth-order valence-electron chi connectivity index (χ4n) is 1.47. The molecule has 0 radical (unpaired) electrons. The number of rotatable bonds is 7. The topological polar surface area (TPSA) is 32.7 Å².